The monoisotopic (exact) mass is 205 g/mol. The van der Waals surface area contributed by atoms with E-state index in [9.17, 15) is 18.3 Å². The van der Waals surface area contributed by atoms with E-state index in [1.165, 1.54) is 19.1 Å². The fraction of sp³-hybridized carbons (Fsp3) is 0.333. The standard InChI is InChI=1S/C9H10F3NO/c1-4-2-3-5(7(13)9(11)12)8(14)6(4)10/h2-3,7,9,14H,13H2,1H3. The molecule has 5 heteroatoms. The molecule has 2 nitrogen and oxygen atoms in total. The van der Waals surface area contributed by atoms with Crippen molar-refractivity contribution in [1.29, 1.82) is 0 Å². The summed E-state index contributed by atoms with van der Waals surface area (Å²) >= 11 is 0. The van der Waals surface area contributed by atoms with Crippen LogP contribution in [0.4, 0.5) is 13.2 Å². The van der Waals surface area contributed by atoms with Crippen LogP contribution in [0.15, 0.2) is 12.1 Å². The summed E-state index contributed by atoms with van der Waals surface area (Å²) in [6.07, 6.45) is -2.83. The zero-order chi connectivity index (χ0) is 10.9. The molecule has 1 aromatic carbocycles. The van der Waals surface area contributed by atoms with E-state index < -0.39 is 24.0 Å². The molecule has 0 amide bonds. The number of benzene rings is 1. The van der Waals surface area contributed by atoms with Gasteiger partial charge in [0.2, 0.25) is 0 Å². The van der Waals surface area contributed by atoms with E-state index in [0.29, 0.717) is 0 Å². The molecule has 0 aliphatic rings. The Bertz CT molecular complexity index is 341. The number of hydrogen-bond acceptors (Lipinski definition) is 2. The number of alkyl halides is 2. The highest BCUT2D eigenvalue weighted by atomic mass is 19.3. The van der Waals surface area contributed by atoms with E-state index in [2.05, 4.69) is 0 Å². The number of phenols is 1. The van der Waals surface area contributed by atoms with Crippen LogP contribution in [0.1, 0.15) is 17.2 Å². The number of rotatable bonds is 2. The summed E-state index contributed by atoms with van der Waals surface area (Å²) < 4.78 is 37.4. The van der Waals surface area contributed by atoms with Gasteiger partial charge in [-0.15, -0.1) is 0 Å². The Kier molecular flexibility index (Phi) is 3.00. The van der Waals surface area contributed by atoms with Gasteiger partial charge in [0.05, 0.1) is 6.04 Å². The SMILES string of the molecule is Cc1ccc(C(N)C(F)F)c(O)c1F. The number of hydrogen-bond donors (Lipinski definition) is 2. The minimum absolute atomic E-state index is 0.188. The molecule has 1 aromatic rings. The summed E-state index contributed by atoms with van der Waals surface area (Å²) in [5, 5.41) is 9.21. The van der Waals surface area contributed by atoms with Crippen molar-refractivity contribution in [3.63, 3.8) is 0 Å². The van der Waals surface area contributed by atoms with Crippen molar-refractivity contribution in [2.75, 3.05) is 0 Å². The first-order chi connectivity index (χ1) is 6.45. The molecule has 0 aromatic heterocycles. The molecule has 0 fully saturated rings. The fourth-order valence-corrected chi connectivity index (χ4v) is 1.09. The summed E-state index contributed by atoms with van der Waals surface area (Å²) in [7, 11) is 0. The highest BCUT2D eigenvalue weighted by Gasteiger charge is 2.22. The highest BCUT2D eigenvalue weighted by Crippen LogP contribution is 2.30. The lowest BCUT2D eigenvalue weighted by atomic mass is 10.0. The van der Waals surface area contributed by atoms with Crippen molar-refractivity contribution in [2.24, 2.45) is 5.73 Å². The van der Waals surface area contributed by atoms with Crippen LogP contribution in [0.2, 0.25) is 0 Å². The van der Waals surface area contributed by atoms with Gasteiger partial charge in [0.25, 0.3) is 6.43 Å². The predicted octanol–water partition coefficient (Wildman–Crippen LogP) is 2.10. The van der Waals surface area contributed by atoms with Crippen molar-refractivity contribution in [2.45, 2.75) is 19.4 Å². The van der Waals surface area contributed by atoms with Gasteiger partial charge in [-0.2, -0.15) is 0 Å². The minimum atomic E-state index is -2.83. The van der Waals surface area contributed by atoms with Gasteiger partial charge in [0, 0.05) is 5.56 Å². The van der Waals surface area contributed by atoms with Crippen molar-refractivity contribution in [3.05, 3.63) is 29.1 Å². The van der Waals surface area contributed by atoms with Crippen LogP contribution in [0.5, 0.6) is 5.75 Å². The molecule has 1 unspecified atom stereocenters. The molecule has 1 atom stereocenters. The minimum Gasteiger partial charge on any atom is -0.505 e. The molecule has 0 bridgehead atoms. The van der Waals surface area contributed by atoms with Crippen LogP contribution >= 0.6 is 0 Å². The molecule has 0 spiro atoms. The van der Waals surface area contributed by atoms with Crippen molar-refractivity contribution >= 4 is 0 Å². The van der Waals surface area contributed by atoms with Crippen molar-refractivity contribution in [1.82, 2.24) is 0 Å². The summed E-state index contributed by atoms with van der Waals surface area (Å²) in [6.45, 7) is 1.42. The van der Waals surface area contributed by atoms with E-state index >= 15 is 0 Å². The Morgan fingerprint density at radius 2 is 1.93 bits per heavy atom. The van der Waals surface area contributed by atoms with E-state index in [1.807, 2.05) is 0 Å². The third kappa shape index (κ3) is 1.82. The average molecular weight is 205 g/mol. The molecule has 0 radical (unpaired) electrons. The maximum Gasteiger partial charge on any atom is 0.257 e. The van der Waals surface area contributed by atoms with Crippen LogP contribution in [0.25, 0.3) is 0 Å². The van der Waals surface area contributed by atoms with Gasteiger partial charge in [0.15, 0.2) is 11.6 Å². The van der Waals surface area contributed by atoms with Gasteiger partial charge < -0.3 is 10.8 Å². The largest absolute Gasteiger partial charge is 0.505 e. The van der Waals surface area contributed by atoms with Gasteiger partial charge >= 0.3 is 0 Å². The fourth-order valence-electron chi connectivity index (χ4n) is 1.09. The molecule has 0 heterocycles. The Morgan fingerprint density at radius 3 is 2.43 bits per heavy atom. The third-order valence-electron chi connectivity index (χ3n) is 1.97. The molecule has 14 heavy (non-hydrogen) atoms. The zero-order valence-electron chi connectivity index (χ0n) is 7.47. The van der Waals surface area contributed by atoms with Gasteiger partial charge in [-0.1, -0.05) is 12.1 Å². The molecule has 0 saturated heterocycles. The topological polar surface area (TPSA) is 46.2 Å². The average Bonchev–Trinajstić information content (AvgIpc) is 2.13. The summed E-state index contributed by atoms with van der Waals surface area (Å²) in [6, 6.07) is 0.835. The third-order valence-corrected chi connectivity index (χ3v) is 1.97. The Hall–Kier alpha value is -1.23. The Balaban J connectivity index is 3.17. The van der Waals surface area contributed by atoms with Crippen LogP contribution in [-0.2, 0) is 0 Å². The van der Waals surface area contributed by atoms with Crippen LogP contribution in [-0.4, -0.2) is 11.5 Å². The summed E-state index contributed by atoms with van der Waals surface area (Å²) in [4.78, 5) is 0. The smallest absolute Gasteiger partial charge is 0.257 e. The first kappa shape index (κ1) is 10.8. The summed E-state index contributed by atoms with van der Waals surface area (Å²) in [5.74, 6) is -1.70. The molecule has 0 aliphatic carbocycles. The van der Waals surface area contributed by atoms with E-state index in [-0.39, 0.29) is 11.1 Å². The molecule has 1 rings (SSSR count). The van der Waals surface area contributed by atoms with Crippen LogP contribution in [0.3, 0.4) is 0 Å². The van der Waals surface area contributed by atoms with Gasteiger partial charge in [-0.05, 0) is 12.5 Å². The second kappa shape index (κ2) is 3.88. The predicted molar refractivity (Wildman–Crippen MR) is 45.7 cm³/mol. The van der Waals surface area contributed by atoms with Crippen LogP contribution in [0, 0.1) is 12.7 Å². The van der Waals surface area contributed by atoms with Crippen LogP contribution < -0.4 is 5.73 Å². The number of nitrogens with two attached hydrogens (primary N) is 1. The van der Waals surface area contributed by atoms with E-state index in [1.54, 1.807) is 0 Å². The second-order valence-corrected chi connectivity index (χ2v) is 2.99. The maximum absolute atomic E-state index is 13.1. The lowest BCUT2D eigenvalue weighted by Crippen LogP contribution is -2.19. The van der Waals surface area contributed by atoms with E-state index in [0.717, 1.165) is 0 Å². The second-order valence-electron chi connectivity index (χ2n) is 2.99. The summed E-state index contributed by atoms with van der Waals surface area (Å²) in [5.41, 5.74) is 4.99. The van der Waals surface area contributed by atoms with Crippen molar-refractivity contribution in [3.8, 4) is 5.75 Å². The van der Waals surface area contributed by atoms with E-state index in [4.69, 9.17) is 5.73 Å². The molecule has 78 valence electrons. The quantitative estimate of drug-likeness (QED) is 0.776. The molecular formula is C9H10F3NO. The maximum atomic E-state index is 13.1. The van der Waals surface area contributed by atoms with Gasteiger partial charge in [0.1, 0.15) is 0 Å². The normalized spacial score (nSPS) is 13.3. The number of aromatic hydroxyl groups is 1. The molecular weight excluding hydrogens is 195 g/mol. The Morgan fingerprint density at radius 1 is 1.36 bits per heavy atom. The molecule has 3 N–H and O–H groups in total. The first-order valence-electron chi connectivity index (χ1n) is 3.97. The van der Waals surface area contributed by atoms with Crippen molar-refractivity contribution < 1.29 is 18.3 Å². The lowest BCUT2D eigenvalue weighted by Gasteiger charge is -2.13. The zero-order valence-corrected chi connectivity index (χ0v) is 7.47. The first-order valence-corrected chi connectivity index (χ1v) is 3.97. The van der Waals surface area contributed by atoms with Gasteiger partial charge in [-0.25, -0.2) is 13.2 Å². The molecule has 0 saturated carbocycles. The number of phenolic OH excluding ortho intramolecular Hbond substituents is 1. The number of aryl methyl sites for hydroxylation is 1. The Labute approximate surface area is 79.2 Å². The lowest BCUT2D eigenvalue weighted by molar-refractivity contribution is 0.115. The number of halogens is 3. The highest BCUT2D eigenvalue weighted by molar-refractivity contribution is 5.39. The van der Waals surface area contributed by atoms with Gasteiger partial charge in [-0.3, -0.25) is 0 Å². The molecule has 0 aliphatic heterocycles.